The molecular weight excluding hydrogens is 222 g/mol. The maximum Gasteiger partial charge on any atom is 0.0417 e. The Morgan fingerprint density at radius 1 is 1.00 bits per heavy atom. The zero-order valence-corrected chi connectivity index (χ0v) is 11.0. The Hall–Kier alpha value is -1.22. The summed E-state index contributed by atoms with van der Waals surface area (Å²) in [6.07, 6.45) is 5.42. The SMILES string of the molecule is Nc1ccc(N2CCCC2CN2CCCC2)cc1. The molecule has 3 heteroatoms. The maximum absolute atomic E-state index is 5.77. The van der Waals surface area contributed by atoms with Crippen molar-refractivity contribution in [3.05, 3.63) is 24.3 Å². The number of rotatable bonds is 3. The monoisotopic (exact) mass is 245 g/mol. The predicted molar refractivity (Wildman–Crippen MR) is 76.9 cm³/mol. The van der Waals surface area contributed by atoms with Gasteiger partial charge in [0.05, 0.1) is 0 Å². The highest BCUT2D eigenvalue weighted by Crippen LogP contribution is 2.27. The van der Waals surface area contributed by atoms with Crippen molar-refractivity contribution in [1.82, 2.24) is 4.90 Å². The molecule has 2 fully saturated rings. The fourth-order valence-corrected chi connectivity index (χ4v) is 3.29. The maximum atomic E-state index is 5.77. The largest absolute Gasteiger partial charge is 0.399 e. The average molecular weight is 245 g/mol. The van der Waals surface area contributed by atoms with E-state index in [0.29, 0.717) is 6.04 Å². The third-order valence-corrected chi connectivity index (χ3v) is 4.27. The van der Waals surface area contributed by atoms with Crippen molar-refractivity contribution in [2.45, 2.75) is 31.7 Å². The standard InChI is InChI=1S/C15H23N3/c16-13-5-7-14(8-6-13)18-11-3-4-15(18)12-17-9-1-2-10-17/h5-8,15H,1-4,9-12,16H2. The van der Waals surface area contributed by atoms with Gasteiger partial charge in [0.2, 0.25) is 0 Å². The number of hydrogen-bond acceptors (Lipinski definition) is 3. The molecule has 18 heavy (non-hydrogen) atoms. The molecule has 1 aromatic carbocycles. The summed E-state index contributed by atoms with van der Waals surface area (Å²) < 4.78 is 0. The first-order chi connectivity index (χ1) is 8.83. The molecule has 0 aliphatic carbocycles. The lowest BCUT2D eigenvalue weighted by Crippen LogP contribution is -2.39. The number of anilines is 2. The van der Waals surface area contributed by atoms with E-state index in [1.54, 1.807) is 0 Å². The van der Waals surface area contributed by atoms with Gasteiger partial charge in [-0.25, -0.2) is 0 Å². The van der Waals surface area contributed by atoms with E-state index in [1.807, 2.05) is 12.1 Å². The Kier molecular flexibility index (Phi) is 3.41. The number of benzene rings is 1. The first kappa shape index (κ1) is 11.8. The van der Waals surface area contributed by atoms with Crippen molar-refractivity contribution in [3.63, 3.8) is 0 Å². The molecule has 0 aromatic heterocycles. The number of nitrogens with two attached hydrogens (primary N) is 1. The molecule has 1 aromatic rings. The van der Waals surface area contributed by atoms with E-state index < -0.39 is 0 Å². The van der Waals surface area contributed by atoms with Crippen molar-refractivity contribution in [1.29, 1.82) is 0 Å². The molecule has 2 aliphatic heterocycles. The van der Waals surface area contributed by atoms with E-state index in [0.717, 1.165) is 5.69 Å². The van der Waals surface area contributed by atoms with Crippen molar-refractivity contribution in [2.75, 3.05) is 36.8 Å². The number of nitrogens with zero attached hydrogens (tertiary/aromatic N) is 2. The summed E-state index contributed by atoms with van der Waals surface area (Å²) in [6, 6.07) is 9.06. The summed E-state index contributed by atoms with van der Waals surface area (Å²) >= 11 is 0. The highest BCUT2D eigenvalue weighted by molar-refractivity contribution is 5.54. The summed E-state index contributed by atoms with van der Waals surface area (Å²) in [4.78, 5) is 5.19. The van der Waals surface area contributed by atoms with Gasteiger partial charge in [0.15, 0.2) is 0 Å². The van der Waals surface area contributed by atoms with Crippen LogP contribution in [-0.4, -0.2) is 37.1 Å². The number of nitrogen functional groups attached to an aromatic ring is 1. The van der Waals surface area contributed by atoms with Gasteiger partial charge in [0.25, 0.3) is 0 Å². The first-order valence-corrected chi connectivity index (χ1v) is 7.17. The molecular formula is C15H23N3. The van der Waals surface area contributed by atoms with E-state index in [-0.39, 0.29) is 0 Å². The minimum absolute atomic E-state index is 0.701. The summed E-state index contributed by atoms with van der Waals surface area (Å²) in [5.41, 5.74) is 7.96. The zero-order valence-electron chi connectivity index (χ0n) is 11.0. The molecule has 3 rings (SSSR count). The summed E-state index contributed by atoms with van der Waals surface area (Å²) in [5, 5.41) is 0. The van der Waals surface area contributed by atoms with Crippen LogP contribution >= 0.6 is 0 Å². The van der Waals surface area contributed by atoms with Crippen molar-refractivity contribution in [2.24, 2.45) is 0 Å². The molecule has 1 unspecified atom stereocenters. The number of likely N-dealkylation sites (tertiary alicyclic amines) is 1. The molecule has 0 bridgehead atoms. The topological polar surface area (TPSA) is 32.5 Å². The summed E-state index contributed by atoms with van der Waals surface area (Å²) in [6.45, 7) is 5.03. The molecule has 0 saturated carbocycles. The minimum Gasteiger partial charge on any atom is -0.399 e. The fraction of sp³-hybridized carbons (Fsp3) is 0.600. The van der Waals surface area contributed by atoms with Crippen LogP contribution in [0.2, 0.25) is 0 Å². The van der Waals surface area contributed by atoms with Gasteiger partial charge in [0, 0.05) is 30.5 Å². The Bertz CT molecular complexity index is 381. The van der Waals surface area contributed by atoms with Gasteiger partial charge in [-0.15, -0.1) is 0 Å². The van der Waals surface area contributed by atoms with Crippen LogP contribution in [0.4, 0.5) is 11.4 Å². The Balaban J connectivity index is 1.68. The molecule has 2 saturated heterocycles. The second kappa shape index (κ2) is 5.19. The molecule has 1 atom stereocenters. The molecule has 0 spiro atoms. The highest BCUT2D eigenvalue weighted by atomic mass is 15.2. The molecule has 98 valence electrons. The van der Waals surface area contributed by atoms with E-state index in [4.69, 9.17) is 5.73 Å². The molecule has 2 aliphatic rings. The van der Waals surface area contributed by atoms with E-state index in [2.05, 4.69) is 21.9 Å². The second-order valence-corrected chi connectivity index (χ2v) is 5.59. The third kappa shape index (κ3) is 2.46. The van der Waals surface area contributed by atoms with Crippen LogP contribution < -0.4 is 10.6 Å². The summed E-state index contributed by atoms with van der Waals surface area (Å²) in [7, 11) is 0. The van der Waals surface area contributed by atoms with E-state index in [1.165, 1.54) is 57.5 Å². The van der Waals surface area contributed by atoms with Crippen LogP contribution in [0.5, 0.6) is 0 Å². The Morgan fingerprint density at radius 2 is 1.72 bits per heavy atom. The van der Waals surface area contributed by atoms with E-state index >= 15 is 0 Å². The predicted octanol–water partition coefficient (Wildman–Crippen LogP) is 2.33. The Morgan fingerprint density at radius 3 is 2.44 bits per heavy atom. The van der Waals surface area contributed by atoms with Gasteiger partial charge in [-0.3, -0.25) is 0 Å². The number of hydrogen-bond donors (Lipinski definition) is 1. The minimum atomic E-state index is 0.701. The lowest BCUT2D eigenvalue weighted by molar-refractivity contribution is 0.314. The van der Waals surface area contributed by atoms with Crippen LogP contribution in [0, 0.1) is 0 Å². The fourth-order valence-electron chi connectivity index (χ4n) is 3.29. The molecule has 0 amide bonds. The normalized spacial score (nSPS) is 24.9. The highest BCUT2D eigenvalue weighted by Gasteiger charge is 2.27. The quantitative estimate of drug-likeness (QED) is 0.830. The van der Waals surface area contributed by atoms with E-state index in [9.17, 15) is 0 Å². The average Bonchev–Trinajstić information content (AvgIpc) is 3.02. The molecule has 2 heterocycles. The van der Waals surface area contributed by atoms with Crippen molar-refractivity contribution >= 4 is 11.4 Å². The van der Waals surface area contributed by atoms with Crippen LogP contribution in [0.15, 0.2) is 24.3 Å². The molecule has 0 radical (unpaired) electrons. The van der Waals surface area contributed by atoms with Gasteiger partial charge < -0.3 is 15.5 Å². The Labute approximate surface area is 110 Å². The van der Waals surface area contributed by atoms with Gasteiger partial charge >= 0.3 is 0 Å². The van der Waals surface area contributed by atoms with Crippen LogP contribution in [-0.2, 0) is 0 Å². The zero-order chi connectivity index (χ0) is 12.4. The van der Waals surface area contributed by atoms with Gasteiger partial charge in [-0.2, -0.15) is 0 Å². The van der Waals surface area contributed by atoms with Gasteiger partial charge in [0.1, 0.15) is 0 Å². The van der Waals surface area contributed by atoms with Gasteiger partial charge in [-0.05, 0) is 63.0 Å². The molecule has 2 N–H and O–H groups in total. The van der Waals surface area contributed by atoms with Crippen molar-refractivity contribution < 1.29 is 0 Å². The second-order valence-electron chi connectivity index (χ2n) is 5.59. The summed E-state index contributed by atoms with van der Waals surface area (Å²) in [5.74, 6) is 0. The lowest BCUT2D eigenvalue weighted by Gasteiger charge is -2.30. The van der Waals surface area contributed by atoms with Crippen molar-refractivity contribution in [3.8, 4) is 0 Å². The van der Waals surface area contributed by atoms with Gasteiger partial charge in [-0.1, -0.05) is 0 Å². The third-order valence-electron chi connectivity index (χ3n) is 4.27. The first-order valence-electron chi connectivity index (χ1n) is 7.17. The smallest absolute Gasteiger partial charge is 0.0417 e. The van der Waals surface area contributed by atoms with Crippen LogP contribution in [0.1, 0.15) is 25.7 Å². The van der Waals surface area contributed by atoms with Crippen LogP contribution in [0.3, 0.4) is 0 Å². The lowest BCUT2D eigenvalue weighted by atomic mass is 10.2. The molecule has 3 nitrogen and oxygen atoms in total. The van der Waals surface area contributed by atoms with Crippen LogP contribution in [0.25, 0.3) is 0 Å².